The molecule has 2 heterocycles. The molecule has 9 heteroatoms. The first-order valence-electron chi connectivity index (χ1n) is 7.50. The van der Waals surface area contributed by atoms with Crippen molar-refractivity contribution < 1.29 is 8.42 Å². The average Bonchev–Trinajstić information content (AvgIpc) is 2.52. The summed E-state index contributed by atoms with van der Waals surface area (Å²) in [6.45, 7) is 1.85. The molecule has 2 aromatic rings. The predicted molar refractivity (Wildman–Crippen MR) is 89.3 cm³/mol. The third kappa shape index (κ3) is 2.92. The van der Waals surface area contributed by atoms with Gasteiger partial charge in [0.1, 0.15) is 10.5 Å². The minimum absolute atomic E-state index is 0.0497. The molecule has 1 aliphatic rings. The summed E-state index contributed by atoms with van der Waals surface area (Å²) in [5.41, 5.74) is -1.70. The van der Waals surface area contributed by atoms with Crippen molar-refractivity contribution in [2.45, 2.75) is 36.6 Å². The van der Waals surface area contributed by atoms with E-state index in [0.717, 1.165) is 17.2 Å². The highest BCUT2D eigenvalue weighted by molar-refractivity contribution is 7.89. The second-order valence-corrected chi connectivity index (χ2v) is 7.92. The Balaban J connectivity index is 2.07. The SMILES string of the molecule is Cn1c(=O)[nH]c(=O)c2cc(S(=O)(=O)NC3(C)CC=CCC3)cnc21. The smallest absolute Gasteiger partial charge is 0.281 e. The monoisotopic (exact) mass is 350 g/mol. The van der Waals surface area contributed by atoms with Gasteiger partial charge >= 0.3 is 5.69 Å². The Kier molecular flexibility index (Phi) is 3.92. The fourth-order valence-corrected chi connectivity index (χ4v) is 4.22. The van der Waals surface area contributed by atoms with E-state index in [9.17, 15) is 18.0 Å². The molecule has 2 N–H and O–H groups in total. The molecule has 0 spiro atoms. The maximum atomic E-state index is 12.7. The van der Waals surface area contributed by atoms with Gasteiger partial charge in [0.2, 0.25) is 10.0 Å². The molecule has 1 atom stereocenters. The molecule has 2 aromatic heterocycles. The van der Waals surface area contributed by atoms with E-state index in [1.54, 1.807) is 0 Å². The Morgan fingerprint density at radius 3 is 2.75 bits per heavy atom. The number of H-pyrrole nitrogens is 1. The van der Waals surface area contributed by atoms with E-state index in [-0.39, 0.29) is 15.9 Å². The Hall–Kier alpha value is -2.26. The maximum Gasteiger partial charge on any atom is 0.329 e. The first-order valence-corrected chi connectivity index (χ1v) is 8.98. The van der Waals surface area contributed by atoms with E-state index in [0.29, 0.717) is 12.8 Å². The number of nitrogens with zero attached hydrogens (tertiary/aromatic N) is 2. The molecule has 1 aliphatic carbocycles. The second-order valence-electron chi connectivity index (χ2n) is 6.24. The summed E-state index contributed by atoms with van der Waals surface area (Å²) in [7, 11) is -2.38. The summed E-state index contributed by atoms with van der Waals surface area (Å²) in [6, 6.07) is 1.24. The average molecular weight is 350 g/mol. The van der Waals surface area contributed by atoms with E-state index in [1.165, 1.54) is 13.1 Å². The molecule has 0 aliphatic heterocycles. The largest absolute Gasteiger partial charge is 0.329 e. The van der Waals surface area contributed by atoms with E-state index in [4.69, 9.17) is 0 Å². The summed E-state index contributed by atoms with van der Waals surface area (Å²) >= 11 is 0. The lowest BCUT2D eigenvalue weighted by Gasteiger charge is -2.31. The normalized spacial score (nSPS) is 21.2. The molecule has 1 unspecified atom stereocenters. The highest BCUT2D eigenvalue weighted by Gasteiger charge is 2.31. The van der Waals surface area contributed by atoms with Crippen molar-refractivity contribution in [2.75, 3.05) is 0 Å². The van der Waals surface area contributed by atoms with Gasteiger partial charge in [0, 0.05) is 18.8 Å². The molecule has 0 saturated carbocycles. The molecule has 0 saturated heterocycles. The van der Waals surface area contributed by atoms with Crippen LogP contribution in [0.4, 0.5) is 0 Å². The topological polar surface area (TPSA) is 114 Å². The van der Waals surface area contributed by atoms with Crippen molar-refractivity contribution in [3.63, 3.8) is 0 Å². The summed E-state index contributed by atoms with van der Waals surface area (Å²) in [6.07, 6.45) is 7.22. The zero-order chi connectivity index (χ0) is 17.5. The van der Waals surface area contributed by atoms with Crippen LogP contribution in [0.1, 0.15) is 26.2 Å². The van der Waals surface area contributed by atoms with Crippen LogP contribution in [0, 0.1) is 0 Å². The number of aromatic nitrogens is 3. The fraction of sp³-hybridized carbons (Fsp3) is 0.400. The van der Waals surface area contributed by atoms with Gasteiger partial charge in [-0.15, -0.1) is 0 Å². The Morgan fingerprint density at radius 1 is 1.33 bits per heavy atom. The van der Waals surface area contributed by atoms with Crippen LogP contribution in [-0.4, -0.2) is 28.5 Å². The summed E-state index contributed by atoms with van der Waals surface area (Å²) in [4.78, 5) is 29.6. The summed E-state index contributed by atoms with van der Waals surface area (Å²) in [5, 5.41) is 0.0497. The lowest BCUT2D eigenvalue weighted by Crippen LogP contribution is -2.46. The maximum absolute atomic E-state index is 12.7. The number of nitrogens with one attached hydrogen (secondary N) is 2. The highest BCUT2D eigenvalue weighted by Crippen LogP contribution is 2.25. The number of allylic oxidation sites excluding steroid dienone is 1. The molecular weight excluding hydrogens is 332 g/mol. The van der Waals surface area contributed by atoms with Gasteiger partial charge in [0.25, 0.3) is 5.56 Å². The van der Waals surface area contributed by atoms with Gasteiger partial charge in [0.05, 0.1) is 5.39 Å². The number of rotatable bonds is 3. The van der Waals surface area contributed by atoms with Crippen LogP contribution in [0.15, 0.2) is 38.9 Å². The van der Waals surface area contributed by atoms with E-state index in [1.807, 2.05) is 19.1 Å². The molecule has 8 nitrogen and oxygen atoms in total. The predicted octanol–water partition coefficient (Wildman–Crippen LogP) is 0.399. The lowest BCUT2D eigenvalue weighted by atomic mass is 9.89. The molecule has 0 bridgehead atoms. The molecule has 3 rings (SSSR count). The molecular formula is C15H18N4O4S. The Bertz CT molecular complexity index is 1050. The lowest BCUT2D eigenvalue weighted by molar-refractivity contribution is 0.381. The zero-order valence-electron chi connectivity index (χ0n) is 13.4. The minimum Gasteiger partial charge on any atom is -0.281 e. The molecule has 0 radical (unpaired) electrons. The Morgan fingerprint density at radius 2 is 2.08 bits per heavy atom. The fourth-order valence-electron chi connectivity index (χ4n) is 2.81. The van der Waals surface area contributed by atoms with Crippen molar-refractivity contribution in [2.24, 2.45) is 7.05 Å². The van der Waals surface area contributed by atoms with Crippen molar-refractivity contribution in [3.05, 3.63) is 45.3 Å². The van der Waals surface area contributed by atoms with Crippen LogP contribution in [0.25, 0.3) is 11.0 Å². The number of sulfonamides is 1. The van der Waals surface area contributed by atoms with Gasteiger partial charge in [-0.25, -0.2) is 22.9 Å². The number of aromatic amines is 1. The first-order chi connectivity index (χ1) is 11.2. The molecule has 0 amide bonds. The van der Waals surface area contributed by atoms with Crippen LogP contribution < -0.4 is 16.0 Å². The Labute approximate surface area is 138 Å². The van der Waals surface area contributed by atoms with Crippen molar-refractivity contribution >= 4 is 21.1 Å². The number of hydrogen-bond acceptors (Lipinski definition) is 5. The summed E-state index contributed by atoms with van der Waals surface area (Å²) in [5.74, 6) is 0. The number of aryl methyl sites for hydroxylation is 1. The van der Waals surface area contributed by atoms with Gasteiger partial charge in [-0.2, -0.15) is 0 Å². The molecule has 128 valence electrons. The molecule has 0 aromatic carbocycles. The van der Waals surface area contributed by atoms with Gasteiger partial charge in [-0.3, -0.25) is 14.3 Å². The third-order valence-electron chi connectivity index (χ3n) is 4.22. The minimum atomic E-state index is -3.84. The number of pyridine rings is 1. The zero-order valence-corrected chi connectivity index (χ0v) is 14.2. The van der Waals surface area contributed by atoms with Gasteiger partial charge < -0.3 is 0 Å². The quantitative estimate of drug-likeness (QED) is 0.778. The first kappa shape index (κ1) is 16.6. The van der Waals surface area contributed by atoms with E-state index in [2.05, 4.69) is 14.7 Å². The third-order valence-corrected chi connectivity index (χ3v) is 5.82. The van der Waals surface area contributed by atoms with Crippen LogP contribution in [0.2, 0.25) is 0 Å². The van der Waals surface area contributed by atoms with E-state index < -0.39 is 26.8 Å². The van der Waals surface area contributed by atoms with Crippen LogP contribution in [0.5, 0.6) is 0 Å². The number of hydrogen-bond donors (Lipinski definition) is 2. The van der Waals surface area contributed by atoms with Gasteiger partial charge in [-0.05, 0) is 32.3 Å². The van der Waals surface area contributed by atoms with Gasteiger partial charge in [0.15, 0.2) is 0 Å². The standard InChI is InChI=1S/C15H18N4O4S/c1-15(6-4-3-5-7-15)18-24(22,23)10-8-11-12(16-9-10)19(2)14(21)17-13(11)20/h3-4,8-9,18H,5-7H2,1-2H3,(H,17,20,21). The van der Waals surface area contributed by atoms with Crippen LogP contribution in [0.3, 0.4) is 0 Å². The van der Waals surface area contributed by atoms with Crippen molar-refractivity contribution in [1.82, 2.24) is 19.3 Å². The van der Waals surface area contributed by atoms with Crippen molar-refractivity contribution in [1.29, 1.82) is 0 Å². The highest BCUT2D eigenvalue weighted by atomic mass is 32.2. The second kappa shape index (κ2) is 5.67. The van der Waals surface area contributed by atoms with Crippen molar-refractivity contribution in [3.8, 4) is 0 Å². The van der Waals surface area contributed by atoms with E-state index >= 15 is 0 Å². The van der Waals surface area contributed by atoms with Gasteiger partial charge in [-0.1, -0.05) is 12.2 Å². The van der Waals surface area contributed by atoms with Crippen LogP contribution >= 0.6 is 0 Å². The van der Waals surface area contributed by atoms with Crippen LogP contribution in [-0.2, 0) is 17.1 Å². The summed E-state index contributed by atoms with van der Waals surface area (Å²) < 4.78 is 29.2. The molecule has 0 fully saturated rings. The number of fused-ring (bicyclic) bond motifs is 1. The molecule has 24 heavy (non-hydrogen) atoms.